The number of hydrogen-bond acceptors (Lipinski definition) is 7. The second kappa shape index (κ2) is 15.4. The number of carbonyl (C=O) groups excluding carboxylic acids is 2. The lowest BCUT2D eigenvalue weighted by Gasteiger charge is -2.43. The zero-order valence-electron chi connectivity index (χ0n) is 29.1. The first-order chi connectivity index (χ1) is 24.5. The number of pyridine rings is 1. The van der Waals surface area contributed by atoms with E-state index in [4.69, 9.17) is 25.5 Å². The van der Waals surface area contributed by atoms with E-state index >= 15 is 0 Å². The van der Waals surface area contributed by atoms with E-state index in [9.17, 15) is 14.4 Å². The molecule has 2 aromatic heterocycles. The second-order valence-corrected chi connectivity index (χ2v) is 19.5. The van der Waals surface area contributed by atoms with Crippen LogP contribution in [0.25, 0.3) is 5.69 Å². The Bertz CT molecular complexity index is 2020. The van der Waals surface area contributed by atoms with E-state index in [-0.39, 0.29) is 22.8 Å². The number of ketones is 1. The highest BCUT2D eigenvalue weighted by atomic mass is 35.5. The minimum Gasteiger partial charge on any atom is -0.494 e. The molecule has 1 saturated heterocycles. The second-order valence-electron chi connectivity index (χ2n) is 13.5. The summed E-state index contributed by atoms with van der Waals surface area (Å²) in [6, 6.07) is 33.2. The van der Waals surface area contributed by atoms with Gasteiger partial charge in [0.25, 0.3) is 13.9 Å². The molecule has 0 unspecified atom stereocenters. The average Bonchev–Trinajstić information content (AvgIpc) is 3.74. The molecule has 3 heterocycles. The van der Waals surface area contributed by atoms with Gasteiger partial charge in [-0.05, 0) is 58.6 Å². The van der Waals surface area contributed by atoms with Crippen LogP contribution in [0.1, 0.15) is 48.8 Å². The normalized spacial score (nSPS) is 14.8. The molecule has 0 spiro atoms. The van der Waals surface area contributed by atoms with Crippen LogP contribution >= 0.6 is 22.9 Å². The number of amides is 1. The van der Waals surface area contributed by atoms with Crippen molar-refractivity contribution in [2.24, 2.45) is 0 Å². The van der Waals surface area contributed by atoms with Crippen molar-refractivity contribution in [2.45, 2.75) is 51.2 Å². The Morgan fingerprint density at radius 2 is 1.63 bits per heavy atom. The van der Waals surface area contributed by atoms with Crippen molar-refractivity contribution in [1.82, 2.24) is 4.57 Å². The Morgan fingerprint density at radius 1 is 0.941 bits per heavy atom. The van der Waals surface area contributed by atoms with Gasteiger partial charge < -0.3 is 13.9 Å². The molecule has 11 heteroatoms. The van der Waals surface area contributed by atoms with Gasteiger partial charge in [-0.2, -0.15) is 0 Å². The van der Waals surface area contributed by atoms with Crippen LogP contribution in [0.5, 0.6) is 5.75 Å². The van der Waals surface area contributed by atoms with E-state index in [2.05, 4.69) is 69.3 Å². The molecule has 51 heavy (non-hydrogen) atoms. The van der Waals surface area contributed by atoms with Gasteiger partial charge >= 0.3 is 6.09 Å². The molecule has 1 fully saturated rings. The van der Waals surface area contributed by atoms with Gasteiger partial charge in [-0.1, -0.05) is 99.1 Å². The Labute approximate surface area is 308 Å². The van der Waals surface area contributed by atoms with Gasteiger partial charge in [0.1, 0.15) is 11.9 Å². The summed E-state index contributed by atoms with van der Waals surface area (Å²) in [6.45, 7) is 7.36. The number of cyclic esters (lactones) is 1. The maximum atomic E-state index is 13.9. The highest BCUT2D eigenvalue weighted by Gasteiger charge is 2.50. The standard InChI is InChI=1S/C40H41ClN2O6SSi/c1-40(2,3)51(31-13-7-5-8-14-31,32-15-9-6-10-16-32)48-25-23-28-12-11-24-42(38(28)45)33-19-17-29(26-35(33)47-4)43-27-30(49-39(43)46)18-20-34(44)36-21-22-37(41)50-36/h5-17,19,21-22,24,26,30H,18,20,23,25,27H2,1-4H3/t30-/m0/s1. The van der Waals surface area contributed by atoms with E-state index < -0.39 is 20.5 Å². The Hall–Kier alpha value is -4.48. The molecule has 0 saturated carbocycles. The van der Waals surface area contributed by atoms with Crippen LogP contribution in [0.4, 0.5) is 10.5 Å². The maximum absolute atomic E-state index is 13.9. The van der Waals surface area contributed by atoms with E-state index in [0.29, 0.717) is 57.9 Å². The molecule has 1 aliphatic heterocycles. The first-order valence-corrected chi connectivity index (χ1v) is 20.0. The van der Waals surface area contributed by atoms with Gasteiger partial charge in [-0.3, -0.25) is 19.1 Å². The van der Waals surface area contributed by atoms with Crippen molar-refractivity contribution in [2.75, 3.05) is 25.2 Å². The minimum atomic E-state index is -2.76. The minimum absolute atomic E-state index is 0.0327. The van der Waals surface area contributed by atoms with Crippen LogP contribution in [-0.2, 0) is 15.6 Å². The Kier molecular flexibility index (Phi) is 11.0. The topological polar surface area (TPSA) is 87.1 Å². The number of ether oxygens (including phenoxy) is 2. The fourth-order valence-electron chi connectivity index (χ4n) is 6.79. The summed E-state index contributed by atoms with van der Waals surface area (Å²) in [5.74, 6) is 0.394. The van der Waals surface area contributed by atoms with Gasteiger partial charge in [0, 0.05) is 30.9 Å². The molecular formula is C40H41ClN2O6SSi. The quantitative estimate of drug-likeness (QED) is 0.0910. The van der Waals surface area contributed by atoms with Crippen LogP contribution in [0.3, 0.4) is 0 Å². The van der Waals surface area contributed by atoms with Gasteiger partial charge in [0.15, 0.2) is 5.78 Å². The summed E-state index contributed by atoms with van der Waals surface area (Å²) in [7, 11) is -1.23. The summed E-state index contributed by atoms with van der Waals surface area (Å²) < 4.78 is 20.5. The number of carbonyl (C=O) groups is 2. The third-order valence-electron chi connectivity index (χ3n) is 9.28. The molecule has 1 amide bonds. The van der Waals surface area contributed by atoms with Crippen molar-refractivity contribution >= 4 is 59.2 Å². The monoisotopic (exact) mass is 740 g/mol. The first-order valence-electron chi connectivity index (χ1n) is 16.9. The fourth-order valence-corrected chi connectivity index (χ4v) is 12.4. The third-order valence-corrected chi connectivity index (χ3v) is 15.6. The molecule has 264 valence electrons. The van der Waals surface area contributed by atoms with Crippen LogP contribution < -0.4 is 25.6 Å². The van der Waals surface area contributed by atoms with Crippen molar-refractivity contribution in [3.05, 3.63) is 134 Å². The summed E-state index contributed by atoms with van der Waals surface area (Å²) in [5.41, 5.74) is 1.56. The van der Waals surface area contributed by atoms with Gasteiger partial charge in [0.05, 0.1) is 34.2 Å². The molecule has 8 nitrogen and oxygen atoms in total. The maximum Gasteiger partial charge on any atom is 0.414 e. The molecule has 0 radical (unpaired) electrons. The number of benzene rings is 3. The highest BCUT2D eigenvalue weighted by Crippen LogP contribution is 2.37. The SMILES string of the molecule is COc1cc(N2C[C@H](CCC(=O)c3ccc(Cl)s3)OC2=O)ccc1-n1cccc(CCO[Si](c2ccccc2)(c2ccccc2)C(C)(C)C)c1=O. The predicted octanol–water partition coefficient (Wildman–Crippen LogP) is 7.67. The summed E-state index contributed by atoms with van der Waals surface area (Å²) in [4.78, 5) is 41.5. The van der Waals surface area contributed by atoms with Gasteiger partial charge in [-0.15, -0.1) is 11.3 Å². The number of Topliss-reactive ketones (excluding diaryl/α,β-unsaturated/α-hetero) is 1. The summed E-state index contributed by atoms with van der Waals surface area (Å²) in [6.07, 6.45) is 1.84. The summed E-state index contributed by atoms with van der Waals surface area (Å²) >= 11 is 7.21. The number of rotatable bonds is 13. The molecule has 0 aliphatic carbocycles. The van der Waals surface area contributed by atoms with Gasteiger partial charge in [0.2, 0.25) is 0 Å². The largest absolute Gasteiger partial charge is 0.494 e. The Balaban J connectivity index is 1.19. The summed E-state index contributed by atoms with van der Waals surface area (Å²) in [5, 5.41) is 2.19. The van der Waals surface area contributed by atoms with Gasteiger partial charge in [-0.25, -0.2) is 4.79 Å². The molecule has 5 aromatic rings. The number of thiophene rings is 1. The molecule has 1 aliphatic rings. The van der Waals surface area contributed by atoms with Crippen LogP contribution in [0, 0.1) is 0 Å². The molecule has 6 rings (SSSR count). The number of nitrogens with zero attached hydrogens (tertiary/aromatic N) is 2. The highest BCUT2D eigenvalue weighted by molar-refractivity contribution is 7.18. The lowest BCUT2D eigenvalue weighted by Crippen LogP contribution is -2.66. The van der Waals surface area contributed by atoms with E-state index in [1.807, 2.05) is 24.3 Å². The van der Waals surface area contributed by atoms with Crippen LogP contribution in [0.2, 0.25) is 9.37 Å². The first kappa shape index (κ1) is 36.3. The number of methoxy groups -OCH3 is 1. The molecular weight excluding hydrogens is 700 g/mol. The van der Waals surface area contributed by atoms with E-state index in [1.54, 1.807) is 41.1 Å². The van der Waals surface area contributed by atoms with Crippen molar-refractivity contribution in [3.63, 3.8) is 0 Å². The molecule has 0 N–H and O–H groups in total. The molecule has 1 atom stereocenters. The lowest BCUT2D eigenvalue weighted by atomic mass is 10.1. The number of halogens is 1. The molecule has 0 bridgehead atoms. The predicted molar refractivity (Wildman–Crippen MR) is 206 cm³/mol. The smallest absolute Gasteiger partial charge is 0.414 e. The number of aromatic nitrogens is 1. The number of hydrogen-bond donors (Lipinski definition) is 0. The zero-order chi connectivity index (χ0) is 36.2. The van der Waals surface area contributed by atoms with Crippen molar-refractivity contribution in [3.8, 4) is 11.4 Å². The fraction of sp³-hybridized carbons (Fsp3) is 0.275. The van der Waals surface area contributed by atoms with Crippen LogP contribution in [-0.4, -0.2) is 51.1 Å². The average molecular weight is 741 g/mol. The zero-order valence-corrected chi connectivity index (χ0v) is 31.7. The van der Waals surface area contributed by atoms with Crippen molar-refractivity contribution < 1.29 is 23.5 Å². The third kappa shape index (κ3) is 7.60. The molecule has 3 aromatic carbocycles. The van der Waals surface area contributed by atoms with Crippen LogP contribution in [0.15, 0.2) is 114 Å². The number of anilines is 1. The lowest BCUT2D eigenvalue weighted by molar-refractivity contribution is 0.0943. The van der Waals surface area contributed by atoms with Crippen molar-refractivity contribution in [1.29, 1.82) is 0 Å². The Morgan fingerprint density at radius 3 is 2.24 bits per heavy atom. The van der Waals surface area contributed by atoms with E-state index in [1.165, 1.54) is 33.7 Å². The van der Waals surface area contributed by atoms with E-state index in [0.717, 1.165) is 0 Å².